The van der Waals surface area contributed by atoms with Crippen LogP contribution in [0, 0.1) is 17.8 Å². The highest BCUT2D eigenvalue weighted by Gasteiger charge is 2.46. The number of likely N-dealkylation sites (tertiary alicyclic amines) is 1. The number of amides is 3. The van der Waals surface area contributed by atoms with Crippen LogP contribution in [0.5, 0.6) is 0 Å². The molecule has 1 aliphatic heterocycles. The van der Waals surface area contributed by atoms with Crippen molar-refractivity contribution in [1.82, 2.24) is 10.2 Å². The maximum absolute atomic E-state index is 14.7. The smallest absolute Gasteiger partial charge is 0.244 e. The van der Waals surface area contributed by atoms with Crippen molar-refractivity contribution in [3.05, 3.63) is 71.3 Å². The van der Waals surface area contributed by atoms with Crippen molar-refractivity contribution >= 4 is 46.6 Å². The van der Waals surface area contributed by atoms with Gasteiger partial charge in [-0.25, -0.2) is 0 Å². The number of nitrogens with zero attached hydrogens (tertiary/aromatic N) is 1. The van der Waals surface area contributed by atoms with E-state index >= 15 is 0 Å². The molecule has 12 heteroatoms. The summed E-state index contributed by atoms with van der Waals surface area (Å²) in [6.45, 7) is 8.88. The van der Waals surface area contributed by atoms with Crippen molar-refractivity contribution in [2.75, 3.05) is 6.54 Å². The van der Waals surface area contributed by atoms with Crippen LogP contribution in [0.1, 0.15) is 138 Å². The Kier molecular flexibility index (Phi) is 15.5. The first kappa shape index (κ1) is 43.9. The molecule has 0 spiro atoms. The van der Waals surface area contributed by atoms with Crippen molar-refractivity contribution in [3.63, 3.8) is 0 Å². The van der Waals surface area contributed by atoms with Gasteiger partial charge in [0.05, 0.1) is 17.7 Å². The summed E-state index contributed by atoms with van der Waals surface area (Å²) in [6.07, 6.45) is 3.09. The van der Waals surface area contributed by atoms with Crippen LogP contribution in [0.2, 0.25) is 0 Å². The standard InChI is InChI=1S/C44H57N3O9/c1-6-28(41(53)36(49)21-22-39(52)46-40(42(45)54)30-17-11-8-12-18-30)23-38(51)35-24-31(56-44(3,4)5)26-47(35)43(55)34(29-15-9-7-10-16-29)25-37(50)33-20-14-13-19-32(33)27(2)48/h8,11-14,17-20,28-29,31,34-35,40H,6-7,9-10,15-16,21-26H2,1-5H3,(H2,45,54)(H,46,52)/t28?,31-,34+,35+,40+/m1/s1. The second-order valence-electron chi connectivity index (χ2n) is 16.2. The van der Waals surface area contributed by atoms with Crippen LogP contribution >= 0.6 is 0 Å². The van der Waals surface area contributed by atoms with Crippen LogP contribution in [0.25, 0.3) is 0 Å². The summed E-state index contributed by atoms with van der Waals surface area (Å²) in [5.74, 6) is -6.05. The number of nitrogens with one attached hydrogen (secondary N) is 1. The zero-order valence-corrected chi connectivity index (χ0v) is 33.3. The maximum atomic E-state index is 14.7. The fraction of sp³-hybridized carbons (Fsp3) is 0.545. The normalized spacial score (nSPS) is 19.1. The molecule has 3 N–H and O–H groups in total. The second kappa shape index (κ2) is 19.8. The predicted octanol–water partition coefficient (Wildman–Crippen LogP) is 5.69. The van der Waals surface area contributed by atoms with Crippen molar-refractivity contribution in [2.24, 2.45) is 23.5 Å². The number of carbonyl (C=O) groups is 8. The molecule has 5 atom stereocenters. The highest BCUT2D eigenvalue weighted by molar-refractivity contribution is 6.38. The van der Waals surface area contributed by atoms with E-state index in [2.05, 4.69) is 5.32 Å². The van der Waals surface area contributed by atoms with E-state index in [0.717, 1.165) is 32.1 Å². The lowest BCUT2D eigenvalue weighted by molar-refractivity contribution is -0.144. The molecule has 56 heavy (non-hydrogen) atoms. The Balaban J connectivity index is 1.50. The number of Topliss-reactive ketones (excluding diaryl/α,β-unsaturated/α-hetero) is 5. The van der Waals surface area contributed by atoms with Gasteiger partial charge >= 0.3 is 0 Å². The molecule has 302 valence electrons. The average molecular weight is 772 g/mol. The van der Waals surface area contributed by atoms with Crippen molar-refractivity contribution in [2.45, 2.75) is 129 Å². The first-order valence-electron chi connectivity index (χ1n) is 19.9. The summed E-state index contributed by atoms with van der Waals surface area (Å²) in [4.78, 5) is 108. The predicted molar refractivity (Wildman–Crippen MR) is 209 cm³/mol. The monoisotopic (exact) mass is 771 g/mol. The van der Waals surface area contributed by atoms with Gasteiger partial charge in [0.1, 0.15) is 6.04 Å². The number of ketones is 5. The van der Waals surface area contributed by atoms with E-state index in [1.54, 1.807) is 61.5 Å². The van der Waals surface area contributed by atoms with Gasteiger partial charge in [0, 0.05) is 61.6 Å². The lowest BCUT2D eigenvalue weighted by Gasteiger charge is -2.34. The van der Waals surface area contributed by atoms with Gasteiger partial charge in [-0.3, -0.25) is 38.4 Å². The molecule has 2 aromatic rings. The van der Waals surface area contributed by atoms with Gasteiger partial charge in [-0.15, -0.1) is 0 Å². The highest BCUT2D eigenvalue weighted by atomic mass is 16.5. The van der Waals surface area contributed by atoms with E-state index in [4.69, 9.17) is 10.5 Å². The van der Waals surface area contributed by atoms with Gasteiger partial charge < -0.3 is 20.7 Å². The second-order valence-corrected chi connectivity index (χ2v) is 16.2. The van der Waals surface area contributed by atoms with E-state index in [-0.39, 0.29) is 73.4 Å². The minimum absolute atomic E-state index is 0.0891. The Hall–Kier alpha value is -4.84. The average Bonchev–Trinajstić information content (AvgIpc) is 3.59. The summed E-state index contributed by atoms with van der Waals surface area (Å²) in [5, 5.41) is 2.52. The largest absolute Gasteiger partial charge is 0.371 e. The van der Waals surface area contributed by atoms with Gasteiger partial charge in [0.25, 0.3) is 0 Å². The van der Waals surface area contributed by atoms with E-state index < -0.39 is 65.4 Å². The quantitative estimate of drug-likeness (QED) is 0.134. The number of nitrogens with two attached hydrogens (primary N) is 1. The van der Waals surface area contributed by atoms with E-state index in [9.17, 15) is 38.4 Å². The summed E-state index contributed by atoms with van der Waals surface area (Å²) >= 11 is 0. The molecule has 1 saturated heterocycles. The molecule has 0 radical (unpaired) electrons. The molecular weight excluding hydrogens is 714 g/mol. The zero-order chi connectivity index (χ0) is 41.2. The van der Waals surface area contributed by atoms with E-state index in [1.165, 1.54) is 11.8 Å². The molecule has 1 aliphatic carbocycles. The van der Waals surface area contributed by atoms with Gasteiger partial charge in [0.2, 0.25) is 23.5 Å². The van der Waals surface area contributed by atoms with Crippen molar-refractivity contribution in [1.29, 1.82) is 0 Å². The van der Waals surface area contributed by atoms with Crippen LogP contribution in [-0.4, -0.2) is 75.8 Å². The molecule has 4 rings (SSSR count). The molecule has 3 amide bonds. The highest BCUT2D eigenvalue weighted by Crippen LogP contribution is 2.37. The van der Waals surface area contributed by atoms with Gasteiger partial charge in [-0.1, -0.05) is 80.8 Å². The molecule has 1 saturated carbocycles. The summed E-state index contributed by atoms with van der Waals surface area (Å²) in [7, 11) is 0. The number of ether oxygens (including phenoxy) is 1. The third-order valence-electron chi connectivity index (χ3n) is 10.9. The van der Waals surface area contributed by atoms with Gasteiger partial charge in [-0.2, -0.15) is 0 Å². The van der Waals surface area contributed by atoms with E-state index in [0.29, 0.717) is 11.1 Å². The Bertz CT molecular complexity index is 1780. The lowest BCUT2D eigenvalue weighted by atomic mass is 9.76. The molecular formula is C44H57N3O9. The first-order chi connectivity index (χ1) is 26.5. The number of hydrogen-bond acceptors (Lipinski definition) is 9. The van der Waals surface area contributed by atoms with Crippen molar-refractivity contribution in [3.8, 4) is 0 Å². The number of carbonyl (C=O) groups excluding carboxylic acids is 8. The summed E-state index contributed by atoms with van der Waals surface area (Å²) in [6, 6.07) is 13.0. The molecule has 1 heterocycles. The minimum Gasteiger partial charge on any atom is -0.371 e. The maximum Gasteiger partial charge on any atom is 0.244 e. The van der Waals surface area contributed by atoms with Crippen LogP contribution in [-0.2, 0) is 33.5 Å². The molecule has 2 aliphatic rings. The Morgan fingerprint density at radius 2 is 1.48 bits per heavy atom. The Labute approximate surface area is 329 Å². The molecule has 0 bridgehead atoms. The Morgan fingerprint density at radius 1 is 0.857 bits per heavy atom. The first-order valence-corrected chi connectivity index (χ1v) is 19.9. The molecule has 0 aromatic heterocycles. The van der Waals surface area contributed by atoms with Crippen LogP contribution < -0.4 is 11.1 Å². The number of benzene rings is 2. The van der Waals surface area contributed by atoms with Crippen LogP contribution in [0.15, 0.2) is 54.6 Å². The van der Waals surface area contributed by atoms with Gasteiger partial charge in [0.15, 0.2) is 23.1 Å². The molecule has 2 aromatic carbocycles. The van der Waals surface area contributed by atoms with Crippen LogP contribution in [0.4, 0.5) is 0 Å². The van der Waals surface area contributed by atoms with Crippen LogP contribution in [0.3, 0.4) is 0 Å². The molecule has 1 unspecified atom stereocenters. The minimum atomic E-state index is -1.11. The summed E-state index contributed by atoms with van der Waals surface area (Å²) in [5.41, 5.74) is 5.96. The number of primary amides is 1. The topological polar surface area (TPSA) is 187 Å². The SMILES string of the molecule is CCC(CC(=O)[C@@H]1C[C@@H](OC(C)(C)C)CN1C(=O)[C@@H](CC(=O)c1ccccc1C(C)=O)C1CCCCC1)C(=O)C(=O)CCC(=O)N[C@H](C(N)=O)c1ccccc1. The number of rotatable bonds is 19. The molecule has 2 fully saturated rings. The lowest BCUT2D eigenvalue weighted by Crippen LogP contribution is -2.47. The fourth-order valence-electron chi connectivity index (χ4n) is 8.06. The van der Waals surface area contributed by atoms with E-state index in [1.807, 2.05) is 20.8 Å². The third-order valence-corrected chi connectivity index (χ3v) is 10.9. The number of hydrogen-bond donors (Lipinski definition) is 2. The van der Waals surface area contributed by atoms with Gasteiger partial charge in [-0.05, 0) is 58.4 Å². The summed E-state index contributed by atoms with van der Waals surface area (Å²) < 4.78 is 6.28. The zero-order valence-electron chi connectivity index (χ0n) is 33.3. The third kappa shape index (κ3) is 11.8. The molecule has 12 nitrogen and oxygen atoms in total. The van der Waals surface area contributed by atoms with Crippen molar-refractivity contribution < 1.29 is 43.1 Å². The fourth-order valence-corrected chi connectivity index (χ4v) is 8.06. The Morgan fingerprint density at radius 3 is 2.07 bits per heavy atom.